The fourth-order valence-electron chi connectivity index (χ4n) is 2.87. The standard InChI is InChI=1S/C14H25BN4O3/c1-10(2)8-13(15(21)22)17-14(20)12-9-16-19(18-12)11-6-4-3-5-7-11/h9-11,13,21-22H,3-8H2,1-2H3,(H,17,20)/t13-/m0/s1. The van der Waals surface area contributed by atoms with Crippen molar-refractivity contribution in [3.05, 3.63) is 11.9 Å². The number of rotatable bonds is 6. The molecule has 0 aromatic carbocycles. The zero-order valence-electron chi connectivity index (χ0n) is 13.3. The maximum absolute atomic E-state index is 12.2. The minimum atomic E-state index is -1.58. The molecule has 2 rings (SSSR count). The lowest BCUT2D eigenvalue weighted by atomic mass is 9.75. The van der Waals surface area contributed by atoms with Gasteiger partial charge in [0.25, 0.3) is 5.91 Å². The highest BCUT2D eigenvalue weighted by Gasteiger charge is 2.27. The monoisotopic (exact) mass is 308 g/mol. The van der Waals surface area contributed by atoms with Crippen LogP contribution in [0, 0.1) is 5.92 Å². The first-order valence-electron chi connectivity index (χ1n) is 8.06. The zero-order chi connectivity index (χ0) is 16.1. The molecule has 8 heteroatoms. The first kappa shape index (κ1) is 17.0. The van der Waals surface area contributed by atoms with Gasteiger partial charge in [0.1, 0.15) is 0 Å². The van der Waals surface area contributed by atoms with Gasteiger partial charge < -0.3 is 15.4 Å². The largest absolute Gasteiger partial charge is 0.475 e. The lowest BCUT2D eigenvalue weighted by Gasteiger charge is -2.20. The Labute approximate surface area is 131 Å². The van der Waals surface area contributed by atoms with Crippen molar-refractivity contribution in [2.75, 3.05) is 0 Å². The molecule has 1 aromatic heterocycles. The number of carbonyl (C=O) groups is 1. The average molecular weight is 308 g/mol. The Kier molecular flexibility index (Phi) is 5.96. The van der Waals surface area contributed by atoms with E-state index in [1.54, 1.807) is 4.80 Å². The third-order valence-electron chi connectivity index (χ3n) is 4.04. The van der Waals surface area contributed by atoms with E-state index < -0.39 is 19.0 Å². The lowest BCUT2D eigenvalue weighted by Crippen LogP contribution is -2.47. The number of nitrogens with zero attached hydrogens (tertiary/aromatic N) is 3. The molecule has 0 saturated heterocycles. The van der Waals surface area contributed by atoms with Gasteiger partial charge in [0.2, 0.25) is 0 Å². The van der Waals surface area contributed by atoms with E-state index in [2.05, 4.69) is 15.5 Å². The molecule has 1 fully saturated rings. The normalized spacial score (nSPS) is 17.5. The molecule has 1 saturated carbocycles. The van der Waals surface area contributed by atoms with E-state index >= 15 is 0 Å². The second kappa shape index (κ2) is 7.74. The minimum absolute atomic E-state index is 0.222. The summed E-state index contributed by atoms with van der Waals surface area (Å²) in [6.45, 7) is 3.92. The van der Waals surface area contributed by atoms with Gasteiger partial charge in [-0.3, -0.25) is 4.79 Å². The molecule has 0 spiro atoms. The summed E-state index contributed by atoms with van der Waals surface area (Å²) in [7, 11) is -1.58. The Balaban J connectivity index is 1.98. The second-order valence-electron chi connectivity index (χ2n) is 6.47. The van der Waals surface area contributed by atoms with E-state index in [-0.39, 0.29) is 17.7 Å². The topological polar surface area (TPSA) is 100 Å². The Morgan fingerprint density at radius 1 is 1.41 bits per heavy atom. The molecular weight excluding hydrogens is 283 g/mol. The van der Waals surface area contributed by atoms with Gasteiger partial charge in [-0.05, 0) is 25.2 Å². The summed E-state index contributed by atoms with van der Waals surface area (Å²) in [6.07, 6.45) is 7.60. The summed E-state index contributed by atoms with van der Waals surface area (Å²) >= 11 is 0. The fourth-order valence-corrected chi connectivity index (χ4v) is 2.87. The zero-order valence-corrected chi connectivity index (χ0v) is 13.3. The van der Waals surface area contributed by atoms with Crippen molar-refractivity contribution >= 4 is 13.0 Å². The van der Waals surface area contributed by atoms with Crippen molar-refractivity contribution < 1.29 is 14.8 Å². The second-order valence-corrected chi connectivity index (χ2v) is 6.47. The highest BCUT2D eigenvalue weighted by atomic mass is 16.4. The van der Waals surface area contributed by atoms with Gasteiger partial charge >= 0.3 is 7.12 Å². The van der Waals surface area contributed by atoms with Crippen molar-refractivity contribution in [1.29, 1.82) is 0 Å². The maximum atomic E-state index is 12.2. The van der Waals surface area contributed by atoms with Gasteiger partial charge in [-0.2, -0.15) is 9.90 Å². The van der Waals surface area contributed by atoms with Gasteiger partial charge in [0.05, 0.1) is 18.2 Å². The molecule has 0 unspecified atom stereocenters. The maximum Gasteiger partial charge on any atom is 0.475 e. The van der Waals surface area contributed by atoms with Crippen molar-refractivity contribution in [2.45, 2.75) is 64.4 Å². The van der Waals surface area contributed by atoms with Crippen LogP contribution in [0.5, 0.6) is 0 Å². The van der Waals surface area contributed by atoms with E-state index in [0.29, 0.717) is 6.42 Å². The quantitative estimate of drug-likeness (QED) is 0.679. The minimum Gasteiger partial charge on any atom is -0.426 e. The first-order chi connectivity index (χ1) is 10.5. The van der Waals surface area contributed by atoms with E-state index in [0.717, 1.165) is 12.8 Å². The number of hydrogen-bond donors (Lipinski definition) is 3. The third-order valence-corrected chi connectivity index (χ3v) is 4.04. The molecule has 122 valence electrons. The molecule has 22 heavy (non-hydrogen) atoms. The van der Waals surface area contributed by atoms with Crippen molar-refractivity contribution in [3.63, 3.8) is 0 Å². The smallest absolute Gasteiger partial charge is 0.426 e. The van der Waals surface area contributed by atoms with Crippen molar-refractivity contribution in [1.82, 2.24) is 20.3 Å². The molecule has 0 aliphatic heterocycles. The van der Waals surface area contributed by atoms with Crippen LogP contribution < -0.4 is 5.32 Å². The summed E-state index contributed by atoms with van der Waals surface area (Å²) in [5.74, 6) is -0.877. The van der Waals surface area contributed by atoms with Crippen LogP contribution in [0.2, 0.25) is 0 Å². The molecule has 1 aliphatic rings. The number of amides is 1. The number of carbonyl (C=O) groups excluding carboxylic acids is 1. The first-order valence-corrected chi connectivity index (χ1v) is 8.06. The summed E-state index contributed by atoms with van der Waals surface area (Å²) in [6, 6.07) is 0.269. The highest BCUT2D eigenvalue weighted by Crippen LogP contribution is 2.26. The Hall–Kier alpha value is -1.41. The van der Waals surface area contributed by atoms with Gasteiger partial charge in [0.15, 0.2) is 5.69 Å². The molecule has 1 atom stereocenters. The van der Waals surface area contributed by atoms with Crippen LogP contribution in [0.1, 0.15) is 68.9 Å². The van der Waals surface area contributed by atoms with E-state index in [4.69, 9.17) is 0 Å². The van der Waals surface area contributed by atoms with Crippen LogP contribution in [0.4, 0.5) is 0 Å². The molecular formula is C14H25BN4O3. The van der Waals surface area contributed by atoms with E-state index in [1.165, 1.54) is 25.5 Å². The molecule has 3 N–H and O–H groups in total. The Morgan fingerprint density at radius 2 is 2.09 bits per heavy atom. The molecule has 1 heterocycles. The Bertz CT molecular complexity index is 486. The molecule has 1 amide bonds. The number of nitrogens with one attached hydrogen (secondary N) is 1. The van der Waals surface area contributed by atoms with Crippen LogP contribution in [0.15, 0.2) is 6.20 Å². The van der Waals surface area contributed by atoms with Crippen LogP contribution in [-0.2, 0) is 0 Å². The van der Waals surface area contributed by atoms with E-state index in [1.807, 2.05) is 13.8 Å². The van der Waals surface area contributed by atoms with Gasteiger partial charge in [-0.25, -0.2) is 0 Å². The molecule has 1 aliphatic carbocycles. The highest BCUT2D eigenvalue weighted by molar-refractivity contribution is 6.43. The van der Waals surface area contributed by atoms with Crippen LogP contribution >= 0.6 is 0 Å². The van der Waals surface area contributed by atoms with Gasteiger partial charge in [0, 0.05) is 0 Å². The van der Waals surface area contributed by atoms with Crippen LogP contribution in [0.3, 0.4) is 0 Å². The summed E-state index contributed by atoms with van der Waals surface area (Å²) < 4.78 is 0. The fraction of sp³-hybridized carbons (Fsp3) is 0.786. The predicted molar refractivity (Wildman–Crippen MR) is 83.0 cm³/mol. The average Bonchev–Trinajstić information content (AvgIpc) is 2.96. The Morgan fingerprint density at radius 3 is 2.68 bits per heavy atom. The molecule has 0 bridgehead atoms. The molecule has 0 radical (unpaired) electrons. The van der Waals surface area contributed by atoms with Gasteiger partial charge in [-0.15, -0.1) is 5.10 Å². The van der Waals surface area contributed by atoms with Crippen molar-refractivity contribution in [3.8, 4) is 0 Å². The predicted octanol–water partition coefficient (Wildman–Crippen LogP) is 0.940. The van der Waals surface area contributed by atoms with E-state index in [9.17, 15) is 14.8 Å². The lowest BCUT2D eigenvalue weighted by molar-refractivity contribution is 0.0932. The number of aromatic nitrogens is 3. The number of hydrogen-bond acceptors (Lipinski definition) is 5. The summed E-state index contributed by atoms with van der Waals surface area (Å²) in [5, 5.41) is 29.8. The molecule has 7 nitrogen and oxygen atoms in total. The van der Waals surface area contributed by atoms with Crippen LogP contribution in [0.25, 0.3) is 0 Å². The summed E-state index contributed by atoms with van der Waals surface area (Å²) in [4.78, 5) is 13.8. The van der Waals surface area contributed by atoms with Gasteiger partial charge in [-0.1, -0.05) is 33.1 Å². The SMILES string of the molecule is CC(C)C[C@H](NC(=O)c1cnn(C2CCCCC2)n1)B(O)O. The summed E-state index contributed by atoms with van der Waals surface area (Å²) in [5.41, 5.74) is 0.222. The van der Waals surface area contributed by atoms with Crippen LogP contribution in [-0.4, -0.2) is 44.0 Å². The third kappa shape index (κ3) is 4.54. The molecule has 1 aromatic rings. The van der Waals surface area contributed by atoms with Crippen molar-refractivity contribution in [2.24, 2.45) is 5.92 Å².